The Hall–Kier alpha value is -4.41. The van der Waals surface area contributed by atoms with E-state index < -0.39 is 23.9 Å². The molecule has 1 aliphatic rings. The molecule has 0 bridgehead atoms. The summed E-state index contributed by atoms with van der Waals surface area (Å²) in [5.41, 5.74) is 4.20. The number of methoxy groups -OCH3 is 1. The number of amides is 3. The maximum Gasteiger partial charge on any atom is 0.338 e. The van der Waals surface area contributed by atoms with Crippen LogP contribution in [0.3, 0.4) is 0 Å². The number of carbonyl (C=O) groups excluding carboxylic acids is 3. The Morgan fingerprint density at radius 2 is 2.06 bits per heavy atom. The van der Waals surface area contributed by atoms with E-state index in [1.165, 1.54) is 13.3 Å². The van der Waals surface area contributed by atoms with Gasteiger partial charge in [-0.25, -0.2) is 15.0 Å². The van der Waals surface area contributed by atoms with E-state index in [0.29, 0.717) is 28.5 Å². The van der Waals surface area contributed by atoms with Crippen LogP contribution in [0, 0.1) is 0 Å². The van der Waals surface area contributed by atoms with E-state index in [2.05, 4.69) is 26.1 Å². The van der Waals surface area contributed by atoms with E-state index in [-0.39, 0.29) is 18.8 Å². The smallest absolute Gasteiger partial charge is 0.338 e. The molecule has 11 heteroatoms. The van der Waals surface area contributed by atoms with E-state index in [1.807, 2.05) is 0 Å². The van der Waals surface area contributed by atoms with Crippen molar-refractivity contribution in [2.45, 2.75) is 19.9 Å². The van der Waals surface area contributed by atoms with E-state index in [0.717, 1.165) is 0 Å². The molecule has 34 heavy (non-hydrogen) atoms. The summed E-state index contributed by atoms with van der Waals surface area (Å²) in [6.45, 7) is 3.21. The number of ether oxygens (including phenoxy) is 3. The van der Waals surface area contributed by atoms with E-state index in [4.69, 9.17) is 14.2 Å². The Bertz CT molecular complexity index is 1120. The van der Waals surface area contributed by atoms with Gasteiger partial charge >= 0.3 is 12.0 Å². The Morgan fingerprint density at radius 1 is 1.24 bits per heavy atom. The van der Waals surface area contributed by atoms with Crippen molar-refractivity contribution in [3.8, 4) is 11.5 Å². The van der Waals surface area contributed by atoms with Gasteiger partial charge in [0.05, 0.1) is 37.2 Å². The first-order chi connectivity index (χ1) is 16.4. The van der Waals surface area contributed by atoms with Gasteiger partial charge in [-0.15, -0.1) is 0 Å². The number of nitrogens with zero attached hydrogens (tertiary/aromatic N) is 2. The molecule has 0 radical (unpaired) electrons. The third-order valence-electron chi connectivity index (χ3n) is 4.72. The molecule has 3 N–H and O–H groups in total. The van der Waals surface area contributed by atoms with Crippen LogP contribution in [0.15, 0.2) is 59.0 Å². The SMILES string of the molecule is CCOC(=O)C1=C(C)NC(=O)NC1c1ccc(OCC(=O)N/N=C/c2ccccn2)c(OC)c1. The third kappa shape index (κ3) is 6.09. The van der Waals surface area contributed by atoms with Crippen LogP contribution in [-0.2, 0) is 14.3 Å². The van der Waals surface area contributed by atoms with Crippen molar-refractivity contribution in [2.24, 2.45) is 5.10 Å². The molecule has 3 amide bonds. The number of esters is 1. The van der Waals surface area contributed by atoms with Crippen LogP contribution in [0.2, 0.25) is 0 Å². The molecular formula is C23H25N5O6. The number of hydrazone groups is 1. The zero-order valence-corrected chi connectivity index (χ0v) is 19.0. The lowest BCUT2D eigenvalue weighted by atomic mass is 9.95. The van der Waals surface area contributed by atoms with Crippen LogP contribution in [0.1, 0.15) is 31.1 Å². The standard InChI is InChI=1S/C23H25N5O6/c1-4-33-22(30)20-14(2)26-23(31)27-21(20)15-8-9-17(18(11-15)32-3)34-13-19(29)28-25-12-16-7-5-6-10-24-16/h5-12,21H,4,13H2,1-3H3,(H,28,29)(H2,26,27,31)/b25-12+. The highest BCUT2D eigenvalue weighted by Crippen LogP contribution is 2.34. The van der Waals surface area contributed by atoms with Gasteiger partial charge in [-0.3, -0.25) is 9.78 Å². The molecule has 3 rings (SSSR count). The monoisotopic (exact) mass is 467 g/mol. The van der Waals surface area contributed by atoms with Gasteiger partial charge in [-0.05, 0) is 43.7 Å². The second kappa shape index (κ2) is 11.5. The summed E-state index contributed by atoms with van der Waals surface area (Å²) in [5, 5.41) is 9.13. The van der Waals surface area contributed by atoms with Gasteiger partial charge in [0.15, 0.2) is 18.1 Å². The Morgan fingerprint density at radius 3 is 2.76 bits per heavy atom. The molecule has 1 aromatic heterocycles. The zero-order chi connectivity index (χ0) is 24.5. The molecule has 0 aliphatic carbocycles. The van der Waals surface area contributed by atoms with Crippen LogP contribution in [-0.4, -0.2) is 49.4 Å². The molecule has 0 spiro atoms. The van der Waals surface area contributed by atoms with Crippen molar-refractivity contribution in [3.05, 3.63) is 65.1 Å². The van der Waals surface area contributed by atoms with Gasteiger partial charge in [0.25, 0.3) is 5.91 Å². The van der Waals surface area contributed by atoms with Crippen molar-refractivity contribution in [1.29, 1.82) is 0 Å². The number of rotatable bonds is 9. The molecule has 0 saturated carbocycles. The van der Waals surface area contributed by atoms with E-state index in [1.54, 1.807) is 56.4 Å². The molecule has 178 valence electrons. The van der Waals surface area contributed by atoms with Gasteiger partial charge in [-0.1, -0.05) is 12.1 Å². The quantitative estimate of drug-likeness (QED) is 0.290. The summed E-state index contributed by atoms with van der Waals surface area (Å²) in [7, 11) is 1.44. The van der Waals surface area contributed by atoms with Crippen molar-refractivity contribution < 1.29 is 28.6 Å². The fraction of sp³-hybridized carbons (Fsp3) is 0.261. The highest BCUT2D eigenvalue weighted by molar-refractivity contribution is 5.95. The summed E-state index contributed by atoms with van der Waals surface area (Å²) in [6.07, 6.45) is 3.03. The molecule has 1 unspecified atom stereocenters. The second-order valence-corrected chi connectivity index (χ2v) is 7.04. The number of allylic oxidation sites excluding steroid dienone is 1. The summed E-state index contributed by atoms with van der Waals surface area (Å²) >= 11 is 0. The summed E-state index contributed by atoms with van der Waals surface area (Å²) < 4.78 is 16.1. The van der Waals surface area contributed by atoms with Crippen molar-refractivity contribution in [3.63, 3.8) is 0 Å². The lowest BCUT2D eigenvalue weighted by Gasteiger charge is -2.28. The van der Waals surface area contributed by atoms with Crippen molar-refractivity contribution in [2.75, 3.05) is 20.3 Å². The molecule has 1 aliphatic heterocycles. The van der Waals surface area contributed by atoms with E-state index in [9.17, 15) is 14.4 Å². The topological polar surface area (TPSA) is 140 Å². The predicted octanol–water partition coefficient (Wildman–Crippen LogP) is 1.81. The molecule has 0 saturated heterocycles. The second-order valence-electron chi connectivity index (χ2n) is 7.04. The number of benzene rings is 1. The van der Waals surface area contributed by atoms with Crippen LogP contribution in [0.5, 0.6) is 11.5 Å². The maximum absolute atomic E-state index is 12.5. The zero-order valence-electron chi connectivity index (χ0n) is 19.0. The summed E-state index contributed by atoms with van der Waals surface area (Å²) in [6, 6.07) is 9.00. The number of hydrogen-bond acceptors (Lipinski definition) is 8. The average Bonchev–Trinajstić information content (AvgIpc) is 2.83. The van der Waals surface area contributed by atoms with Gasteiger partial charge in [0, 0.05) is 11.9 Å². The van der Waals surface area contributed by atoms with Gasteiger partial charge in [0.1, 0.15) is 0 Å². The molecule has 0 fully saturated rings. The first-order valence-corrected chi connectivity index (χ1v) is 10.4. The van der Waals surface area contributed by atoms with Crippen LogP contribution in [0.25, 0.3) is 0 Å². The minimum Gasteiger partial charge on any atom is -0.493 e. The number of urea groups is 1. The highest BCUT2D eigenvalue weighted by Gasteiger charge is 2.32. The van der Waals surface area contributed by atoms with Crippen LogP contribution in [0.4, 0.5) is 4.79 Å². The summed E-state index contributed by atoms with van der Waals surface area (Å²) in [5.74, 6) is -0.406. The average molecular weight is 467 g/mol. The van der Waals surface area contributed by atoms with E-state index >= 15 is 0 Å². The molecule has 1 aromatic carbocycles. The largest absolute Gasteiger partial charge is 0.493 e. The number of pyridine rings is 1. The lowest BCUT2D eigenvalue weighted by Crippen LogP contribution is -2.45. The molecular weight excluding hydrogens is 442 g/mol. The predicted molar refractivity (Wildman–Crippen MR) is 122 cm³/mol. The molecule has 2 heterocycles. The van der Waals surface area contributed by atoms with Crippen molar-refractivity contribution in [1.82, 2.24) is 21.0 Å². The molecule has 11 nitrogen and oxygen atoms in total. The van der Waals surface area contributed by atoms with Crippen LogP contribution >= 0.6 is 0 Å². The fourth-order valence-electron chi connectivity index (χ4n) is 3.20. The highest BCUT2D eigenvalue weighted by atomic mass is 16.5. The fourth-order valence-corrected chi connectivity index (χ4v) is 3.20. The molecule has 1 atom stereocenters. The first kappa shape index (κ1) is 24.2. The minimum atomic E-state index is -0.750. The Balaban J connectivity index is 1.70. The lowest BCUT2D eigenvalue weighted by molar-refractivity contribution is -0.139. The van der Waals surface area contributed by atoms with Gasteiger partial charge in [0.2, 0.25) is 0 Å². The van der Waals surface area contributed by atoms with Gasteiger partial charge in [-0.2, -0.15) is 5.10 Å². The van der Waals surface area contributed by atoms with Crippen molar-refractivity contribution >= 4 is 24.1 Å². The molecule has 2 aromatic rings. The number of aromatic nitrogens is 1. The number of carbonyl (C=O) groups is 3. The van der Waals surface area contributed by atoms with Gasteiger partial charge < -0.3 is 24.8 Å². The maximum atomic E-state index is 12.5. The summed E-state index contributed by atoms with van der Waals surface area (Å²) in [4.78, 5) is 40.6. The first-order valence-electron chi connectivity index (χ1n) is 10.4. The Kier molecular flexibility index (Phi) is 8.16. The minimum absolute atomic E-state index is 0.195. The normalized spacial score (nSPS) is 15.4. The number of hydrogen-bond donors (Lipinski definition) is 3. The number of nitrogens with one attached hydrogen (secondary N) is 3. The Labute approximate surface area is 196 Å². The van der Waals surface area contributed by atoms with Crippen LogP contribution < -0.4 is 25.5 Å². The third-order valence-corrected chi connectivity index (χ3v) is 4.72.